The van der Waals surface area contributed by atoms with Gasteiger partial charge in [-0.2, -0.15) is 26.7 Å². The number of nitrogens with zero attached hydrogens (tertiary/aromatic N) is 4. The largest absolute Gasteiger partial charge is 0.464 e. The van der Waals surface area contributed by atoms with Crippen molar-refractivity contribution in [3.8, 4) is 6.01 Å². The van der Waals surface area contributed by atoms with Gasteiger partial charge in [0.15, 0.2) is 0 Å². The highest BCUT2D eigenvalue weighted by Gasteiger charge is 2.29. The molecule has 2 rings (SSSR count). The first-order valence-corrected chi connectivity index (χ1v) is 7.48. The highest BCUT2D eigenvalue weighted by Crippen LogP contribution is 2.31. The third-order valence-corrected chi connectivity index (χ3v) is 4.11. The maximum absolute atomic E-state index is 5.40. The Balaban J connectivity index is 2.25. The molecular formula is C12H21N5OS. The van der Waals surface area contributed by atoms with Gasteiger partial charge in [-0.15, -0.1) is 0 Å². The lowest BCUT2D eigenvalue weighted by Crippen LogP contribution is -2.44. The zero-order valence-electron chi connectivity index (χ0n) is 11.9. The smallest absolute Gasteiger partial charge is 0.323 e. The standard InChI is InChI=1S/C12H21N5OS/c1-5-18-11-15-9(13-4)14-10(16-11)17-6-7-19-12(2,3)8-17/h5-8H2,1-4H3,(H,13,14,15,16). The molecule has 0 atom stereocenters. The van der Waals surface area contributed by atoms with Gasteiger partial charge in [-0.3, -0.25) is 0 Å². The Bertz CT molecular complexity index is 440. The molecule has 1 aliphatic rings. The fourth-order valence-electron chi connectivity index (χ4n) is 1.98. The lowest BCUT2D eigenvalue weighted by Gasteiger charge is -2.37. The number of ether oxygens (including phenoxy) is 1. The number of hydrogen-bond donors (Lipinski definition) is 1. The Labute approximate surface area is 118 Å². The van der Waals surface area contributed by atoms with E-state index in [0.29, 0.717) is 24.5 Å². The molecule has 1 N–H and O–H groups in total. The molecule has 106 valence electrons. The number of thioether (sulfide) groups is 1. The molecule has 1 aliphatic heterocycles. The highest BCUT2D eigenvalue weighted by molar-refractivity contribution is 8.00. The molecule has 0 radical (unpaired) electrons. The number of anilines is 2. The molecule has 1 aromatic heterocycles. The van der Waals surface area contributed by atoms with E-state index in [9.17, 15) is 0 Å². The van der Waals surface area contributed by atoms with E-state index in [1.165, 1.54) is 0 Å². The number of rotatable bonds is 4. The molecule has 0 spiro atoms. The van der Waals surface area contributed by atoms with Crippen molar-refractivity contribution < 1.29 is 4.74 Å². The average Bonchev–Trinajstić information content (AvgIpc) is 2.37. The van der Waals surface area contributed by atoms with Crippen LogP contribution in [0.4, 0.5) is 11.9 Å². The summed E-state index contributed by atoms with van der Waals surface area (Å²) in [6.07, 6.45) is 0. The molecule has 0 unspecified atom stereocenters. The van der Waals surface area contributed by atoms with Gasteiger partial charge in [0.05, 0.1) is 6.61 Å². The van der Waals surface area contributed by atoms with Crippen LogP contribution in [0.1, 0.15) is 20.8 Å². The van der Waals surface area contributed by atoms with Crippen LogP contribution in [0.5, 0.6) is 6.01 Å². The van der Waals surface area contributed by atoms with E-state index in [1.807, 2.05) is 18.7 Å². The van der Waals surface area contributed by atoms with Crippen LogP contribution < -0.4 is 15.0 Å². The van der Waals surface area contributed by atoms with Gasteiger partial charge in [0.1, 0.15) is 0 Å². The summed E-state index contributed by atoms with van der Waals surface area (Å²) in [7, 11) is 1.80. The van der Waals surface area contributed by atoms with Gasteiger partial charge < -0.3 is 15.0 Å². The molecule has 6 nitrogen and oxygen atoms in total. The summed E-state index contributed by atoms with van der Waals surface area (Å²) >= 11 is 1.98. The Hall–Kier alpha value is -1.24. The van der Waals surface area contributed by atoms with E-state index in [2.05, 4.69) is 39.0 Å². The van der Waals surface area contributed by atoms with Crippen molar-refractivity contribution in [2.45, 2.75) is 25.5 Å². The van der Waals surface area contributed by atoms with Crippen LogP contribution in [0, 0.1) is 0 Å². The van der Waals surface area contributed by atoms with Gasteiger partial charge in [0.2, 0.25) is 11.9 Å². The molecule has 0 aromatic carbocycles. The van der Waals surface area contributed by atoms with Crippen LogP contribution in [0.2, 0.25) is 0 Å². The van der Waals surface area contributed by atoms with Crippen LogP contribution >= 0.6 is 11.8 Å². The number of nitrogens with one attached hydrogen (secondary N) is 1. The fourth-order valence-corrected chi connectivity index (χ4v) is 3.09. The minimum atomic E-state index is 0.219. The van der Waals surface area contributed by atoms with Crippen LogP contribution in [-0.2, 0) is 0 Å². The van der Waals surface area contributed by atoms with Crippen molar-refractivity contribution in [1.82, 2.24) is 15.0 Å². The highest BCUT2D eigenvalue weighted by atomic mass is 32.2. The SMILES string of the molecule is CCOc1nc(NC)nc(N2CCSC(C)(C)C2)n1. The second kappa shape index (κ2) is 5.81. The Kier molecular flexibility index (Phi) is 4.34. The maximum atomic E-state index is 5.40. The third kappa shape index (κ3) is 3.62. The summed E-state index contributed by atoms with van der Waals surface area (Å²) in [6.45, 7) is 8.83. The first kappa shape index (κ1) is 14.2. The molecule has 1 aromatic rings. The van der Waals surface area contributed by atoms with Gasteiger partial charge >= 0.3 is 6.01 Å². The first-order chi connectivity index (χ1) is 9.04. The molecule has 0 saturated carbocycles. The molecule has 1 saturated heterocycles. The molecule has 7 heteroatoms. The van der Waals surface area contributed by atoms with E-state index in [4.69, 9.17) is 4.74 Å². The second-order valence-corrected chi connectivity index (χ2v) is 6.76. The summed E-state index contributed by atoms with van der Waals surface area (Å²) in [5.74, 6) is 2.32. The van der Waals surface area contributed by atoms with Crippen molar-refractivity contribution in [1.29, 1.82) is 0 Å². The monoisotopic (exact) mass is 283 g/mol. The van der Waals surface area contributed by atoms with Gasteiger partial charge in [0, 0.05) is 30.6 Å². The van der Waals surface area contributed by atoms with Crippen LogP contribution in [0.25, 0.3) is 0 Å². The van der Waals surface area contributed by atoms with E-state index in [1.54, 1.807) is 7.05 Å². The molecule has 19 heavy (non-hydrogen) atoms. The quantitative estimate of drug-likeness (QED) is 0.901. The summed E-state index contributed by atoms with van der Waals surface area (Å²) in [6, 6.07) is 0.382. The van der Waals surface area contributed by atoms with E-state index in [-0.39, 0.29) is 4.75 Å². The predicted molar refractivity (Wildman–Crippen MR) is 79.3 cm³/mol. The van der Waals surface area contributed by atoms with Crippen LogP contribution in [0.15, 0.2) is 0 Å². The van der Waals surface area contributed by atoms with Crippen molar-refractivity contribution in [3.05, 3.63) is 0 Å². The molecule has 0 aliphatic carbocycles. The van der Waals surface area contributed by atoms with Gasteiger partial charge in [-0.1, -0.05) is 0 Å². The van der Waals surface area contributed by atoms with Crippen molar-refractivity contribution in [3.63, 3.8) is 0 Å². The summed E-state index contributed by atoms with van der Waals surface area (Å²) in [5.41, 5.74) is 0. The van der Waals surface area contributed by atoms with Crippen molar-refractivity contribution in [2.24, 2.45) is 0 Å². The predicted octanol–water partition coefficient (Wildman–Crippen LogP) is 1.64. The van der Waals surface area contributed by atoms with Crippen molar-refractivity contribution in [2.75, 3.05) is 42.7 Å². The minimum Gasteiger partial charge on any atom is -0.464 e. The third-order valence-electron chi connectivity index (χ3n) is 2.81. The average molecular weight is 283 g/mol. The summed E-state index contributed by atoms with van der Waals surface area (Å²) in [5, 5.41) is 2.95. The number of aromatic nitrogens is 3. The molecule has 1 fully saturated rings. The minimum absolute atomic E-state index is 0.219. The van der Waals surface area contributed by atoms with Crippen LogP contribution in [-0.4, -0.2) is 52.2 Å². The van der Waals surface area contributed by atoms with Gasteiger partial charge in [-0.25, -0.2) is 0 Å². The Morgan fingerprint density at radius 1 is 1.37 bits per heavy atom. The fraction of sp³-hybridized carbons (Fsp3) is 0.750. The summed E-state index contributed by atoms with van der Waals surface area (Å²) in [4.78, 5) is 15.2. The lowest BCUT2D eigenvalue weighted by molar-refractivity contribution is 0.312. The van der Waals surface area contributed by atoms with E-state index < -0.39 is 0 Å². The molecule has 2 heterocycles. The van der Waals surface area contributed by atoms with Crippen molar-refractivity contribution >= 4 is 23.7 Å². The molecule has 0 bridgehead atoms. The Morgan fingerprint density at radius 3 is 2.79 bits per heavy atom. The van der Waals surface area contributed by atoms with E-state index in [0.717, 1.165) is 18.8 Å². The summed E-state index contributed by atoms with van der Waals surface area (Å²) < 4.78 is 5.62. The maximum Gasteiger partial charge on any atom is 0.323 e. The van der Waals surface area contributed by atoms with E-state index >= 15 is 0 Å². The molecule has 0 amide bonds. The normalized spacial score (nSPS) is 18.2. The van der Waals surface area contributed by atoms with Crippen LogP contribution in [0.3, 0.4) is 0 Å². The Morgan fingerprint density at radius 2 is 2.16 bits per heavy atom. The first-order valence-electron chi connectivity index (χ1n) is 6.49. The lowest BCUT2D eigenvalue weighted by atomic mass is 10.2. The molecular weight excluding hydrogens is 262 g/mol. The van der Waals surface area contributed by atoms with Gasteiger partial charge in [0.25, 0.3) is 0 Å². The zero-order valence-corrected chi connectivity index (χ0v) is 12.8. The van der Waals surface area contributed by atoms with Gasteiger partial charge in [-0.05, 0) is 20.8 Å². The topological polar surface area (TPSA) is 63.2 Å². The second-order valence-electron chi connectivity index (χ2n) is 4.95. The zero-order chi connectivity index (χ0) is 13.9. The number of hydrogen-bond acceptors (Lipinski definition) is 7.